The molecule has 0 saturated heterocycles. The van der Waals surface area contributed by atoms with Gasteiger partial charge in [-0.15, -0.1) is 6.58 Å². The van der Waals surface area contributed by atoms with Gasteiger partial charge in [-0.2, -0.15) is 0 Å². The number of halogens is 1. The van der Waals surface area contributed by atoms with Crippen molar-refractivity contribution in [3.05, 3.63) is 102 Å². The van der Waals surface area contributed by atoms with Crippen molar-refractivity contribution in [2.75, 3.05) is 30.3 Å². The van der Waals surface area contributed by atoms with Gasteiger partial charge in [0.05, 0.1) is 22.2 Å². The summed E-state index contributed by atoms with van der Waals surface area (Å²) in [7, 11) is -0.774. The fraction of sp³-hybridized carbons (Fsp3) is 0.120. The molecule has 1 N–H and O–H groups in total. The largest absolute Gasteiger partial charge is 0.345 e. The van der Waals surface area contributed by atoms with E-state index in [-0.39, 0.29) is 27.9 Å². The van der Waals surface area contributed by atoms with Crippen LogP contribution >= 0.6 is 11.6 Å². The van der Waals surface area contributed by atoms with Gasteiger partial charge < -0.3 is 10.2 Å². The molecular weight excluding hydrogens is 474 g/mol. The van der Waals surface area contributed by atoms with Crippen LogP contribution in [0.3, 0.4) is 0 Å². The summed E-state index contributed by atoms with van der Waals surface area (Å²) in [4.78, 5) is 26.4. The van der Waals surface area contributed by atoms with E-state index in [1.165, 1.54) is 35.2 Å². The molecular formula is C25H24ClN3O4S. The molecule has 176 valence electrons. The zero-order valence-electron chi connectivity index (χ0n) is 18.7. The van der Waals surface area contributed by atoms with E-state index < -0.39 is 15.9 Å². The molecule has 0 aromatic heterocycles. The molecule has 3 aromatic rings. The topological polar surface area (TPSA) is 86.8 Å². The number of hydrogen-bond acceptors (Lipinski definition) is 4. The zero-order chi connectivity index (χ0) is 24.9. The molecule has 0 heterocycles. The van der Waals surface area contributed by atoms with E-state index in [9.17, 15) is 18.0 Å². The minimum Gasteiger partial charge on any atom is -0.345 e. The van der Waals surface area contributed by atoms with E-state index in [0.29, 0.717) is 16.9 Å². The lowest BCUT2D eigenvalue weighted by molar-refractivity contribution is 0.0827. The average Bonchev–Trinajstić information content (AvgIpc) is 2.82. The average molecular weight is 498 g/mol. The number of para-hydroxylation sites is 1. The standard InChI is InChI=1S/C25H24ClN3O4S/c1-4-15-29(23-14-6-5-13-22(23)26)34(32,33)21-12-8-9-18(17-21)24(30)27-20-11-7-10-19(16-20)25(31)28(2)3/h4-14,16-17H,1,15H2,2-3H3,(H,27,30). The Morgan fingerprint density at radius 2 is 1.65 bits per heavy atom. The Morgan fingerprint density at radius 3 is 2.32 bits per heavy atom. The second-order valence-corrected chi connectivity index (χ2v) is 9.81. The molecule has 0 radical (unpaired) electrons. The minimum atomic E-state index is -4.05. The number of amides is 2. The van der Waals surface area contributed by atoms with Crippen LogP contribution < -0.4 is 9.62 Å². The molecule has 7 nitrogen and oxygen atoms in total. The molecule has 9 heteroatoms. The first-order chi connectivity index (χ1) is 16.1. The van der Waals surface area contributed by atoms with Gasteiger partial charge in [0.2, 0.25) is 0 Å². The van der Waals surface area contributed by atoms with Gasteiger partial charge in [0.15, 0.2) is 0 Å². The van der Waals surface area contributed by atoms with Gasteiger partial charge in [0.1, 0.15) is 0 Å². The second kappa shape index (κ2) is 10.5. The Bertz CT molecular complexity index is 1340. The minimum absolute atomic E-state index is 0.00478. The Labute approximate surface area is 204 Å². The molecule has 0 aliphatic heterocycles. The SMILES string of the molecule is C=CCN(c1ccccc1Cl)S(=O)(=O)c1cccc(C(=O)Nc2cccc(C(=O)N(C)C)c2)c1. The van der Waals surface area contributed by atoms with Gasteiger partial charge in [-0.05, 0) is 48.5 Å². The van der Waals surface area contributed by atoms with Gasteiger partial charge in [-0.3, -0.25) is 13.9 Å². The van der Waals surface area contributed by atoms with Gasteiger partial charge >= 0.3 is 0 Å². The number of nitrogens with zero attached hydrogens (tertiary/aromatic N) is 2. The lowest BCUT2D eigenvalue weighted by Crippen LogP contribution is -2.31. The summed E-state index contributed by atoms with van der Waals surface area (Å²) < 4.78 is 28.0. The quantitative estimate of drug-likeness (QED) is 0.458. The highest BCUT2D eigenvalue weighted by Gasteiger charge is 2.26. The normalized spacial score (nSPS) is 10.9. The number of rotatable bonds is 8. The molecule has 0 bridgehead atoms. The molecule has 0 atom stereocenters. The van der Waals surface area contributed by atoms with Gasteiger partial charge in [0, 0.05) is 30.9 Å². The molecule has 3 rings (SSSR count). The number of hydrogen-bond donors (Lipinski definition) is 1. The maximum absolute atomic E-state index is 13.4. The highest BCUT2D eigenvalue weighted by molar-refractivity contribution is 7.92. The highest BCUT2D eigenvalue weighted by atomic mass is 35.5. The summed E-state index contributed by atoms with van der Waals surface area (Å²) in [5.74, 6) is -0.717. The van der Waals surface area contributed by atoms with Crippen molar-refractivity contribution in [3.8, 4) is 0 Å². The first-order valence-electron chi connectivity index (χ1n) is 10.3. The summed E-state index contributed by atoms with van der Waals surface area (Å²) in [6.45, 7) is 3.64. The second-order valence-electron chi connectivity index (χ2n) is 7.54. The van der Waals surface area contributed by atoms with Crippen molar-refractivity contribution in [1.82, 2.24) is 4.90 Å². The molecule has 0 spiro atoms. The number of carbonyl (C=O) groups excluding carboxylic acids is 2. The van der Waals surface area contributed by atoms with Crippen molar-refractivity contribution < 1.29 is 18.0 Å². The summed E-state index contributed by atoms with van der Waals surface area (Å²) in [6, 6.07) is 18.8. The zero-order valence-corrected chi connectivity index (χ0v) is 20.3. The molecule has 0 fully saturated rings. The third-order valence-electron chi connectivity index (χ3n) is 4.87. The summed E-state index contributed by atoms with van der Waals surface area (Å²) in [5.41, 5.74) is 1.28. The maximum Gasteiger partial charge on any atom is 0.264 e. The van der Waals surface area contributed by atoms with Crippen LogP contribution in [-0.2, 0) is 10.0 Å². The predicted molar refractivity (Wildman–Crippen MR) is 135 cm³/mol. The van der Waals surface area contributed by atoms with E-state index in [4.69, 9.17) is 11.6 Å². The van der Waals surface area contributed by atoms with E-state index in [1.807, 2.05) is 0 Å². The molecule has 0 aliphatic carbocycles. The lowest BCUT2D eigenvalue weighted by Gasteiger charge is -2.24. The number of sulfonamides is 1. The molecule has 0 unspecified atom stereocenters. The highest BCUT2D eigenvalue weighted by Crippen LogP contribution is 2.30. The smallest absolute Gasteiger partial charge is 0.264 e. The monoisotopic (exact) mass is 497 g/mol. The molecule has 34 heavy (non-hydrogen) atoms. The maximum atomic E-state index is 13.4. The van der Waals surface area contributed by atoms with Crippen LogP contribution in [0.15, 0.2) is 90.3 Å². The van der Waals surface area contributed by atoms with Crippen molar-refractivity contribution in [2.45, 2.75) is 4.90 Å². The van der Waals surface area contributed by atoms with Crippen LogP contribution in [0.2, 0.25) is 5.02 Å². The molecule has 3 aromatic carbocycles. The Kier molecular flexibility index (Phi) is 7.75. The Morgan fingerprint density at radius 1 is 0.971 bits per heavy atom. The number of benzene rings is 3. The number of anilines is 2. The van der Waals surface area contributed by atoms with Crippen LogP contribution in [0.4, 0.5) is 11.4 Å². The van der Waals surface area contributed by atoms with Crippen molar-refractivity contribution in [1.29, 1.82) is 0 Å². The first-order valence-corrected chi connectivity index (χ1v) is 12.1. The summed E-state index contributed by atoms with van der Waals surface area (Å²) >= 11 is 6.24. The fourth-order valence-corrected chi connectivity index (χ4v) is 5.00. The Balaban J connectivity index is 1.91. The van der Waals surface area contributed by atoms with E-state index >= 15 is 0 Å². The number of nitrogens with one attached hydrogen (secondary N) is 1. The van der Waals surface area contributed by atoms with Crippen LogP contribution in [0, 0.1) is 0 Å². The lowest BCUT2D eigenvalue weighted by atomic mass is 10.1. The Hall–Kier alpha value is -3.62. The van der Waals surface area contributed by atoms with Crippen molar-refractivity contribution in [3.63, 3.8) is 0 Å². The van der Waals surface area contributed by atoms with Crippen LogP contribution in [-0.4, -0.2) is 45.8 Å². The van der Waals surface area contributed by atoms with Crippen LogP contribution in [0.1, 0.15) is 20.7 Å². The van der Waals surface area contributed by atoms with E-state index in [0.717, 1.165) is 4.31 Å². The molecule has 0 aliphatic rings. The van der Waals surface area contributed by atoms with Crippen LogP contribution in [0.25, 0.3) is 0 Å². The predicted octanol–water partition coefficient (Wildman–Crippen LogP) is 4.68. The molecule has 2 amide bonds. The van der Waals surface area contributed by atoms with Crippen molar-refractivity contribution in [2.24, 2.45) is 0 Å². The van der Waals surface area contributed by atoms with E-state index in [2.05, 4.69) is 11.9 Å². The van der Waals surface area contributed by atoms with Gasteiger partial charge in [-0.1, -0.05) is 41.9 Å². The van der Waals surface area contributed by atoms with Gasteiger partial charge in [0.25, 0.3) is 21.8 Å². The molecule has 0 saturated carbocycles. The number of carbonyl (C=O) groups is 2. The van der Waals surface area contributed by atoms with Crippen LogP contribution in [0.5, 0.6) is 0 Å². The third kappa shape index (κ3) is 5.47. The third-order valence-corrected chi connectivity index (χ3v) is 6.97. The van der Waals surface area contributed by atoms with Crippen molar-refractivity contribution >= 4 is 44.8 Å². The first kappa shape index (κ1) is 25.0. The van der Waals surface area contributed by atoms with Gasteiger partial charge in [-0.25, -0.2) is 8.42 Å². The van der Waals surface area contributed by atoms with E-state index in [1.54, 1.807) is 62.6 Å². The summed E-state index contributed by atoms with van der Waals surface area (Å²) in [5, 5.41) is 2.98. The summed E-state index contributed by atoms with van der Waals surface area (Å²) in [6.07, 6.45) is 1.46. The fourth-order valence-electron chi connectivity index (χ4n) is 3.21.